The van der Waals surface area contributed by atoms with Gasteiger partial charge in [0.2, 0.25) is 0 Å². The van der Waals surface area contributed by atoms with E-state index in [-0.39, 0.29) is 5.91 Å². The van der Waals surface area contributed by atoms with Crippen LogP contribution in [0, 0.1) is 5.92 Å². The molecule has 1 aromatic carbocycles. The number of carbonyl (C=O) groups is 1. The van der Waals surface area contributed by atoms with E-state index in [0.29, 0.717) is 29.5 Å². The summed E-state index contributed by atoms with van der Waals surface area (Å²) in [7, 11) is 3.35. The highest BCUT2D eigenvalue weighted by atomic mass is 16.5. The van der Waals surface area contributed by atoms with Gasteiger partial charge in [-0.05, 0) is 30.9 Å². The molecule has 0 spiro atoms. The first-order valence-electron chi connectivity index (χ1n) is 6.89. The number of benzene rings is 1. The molecule has 2 rings (SSSR count). The van der Waals surface area contributed by atoms with E-state index in [4.69, 9.17) is 15.2 Å². The minimum atomic E-state index is -0.0769. The maximum atomic E-state index is 12.5. The van der Waals surface area contributed by atoms with Crippen molar-refractivity contribution in [3.63, 3.8) is 0 Å². The molecular weight excluding hydrogens is 256 g/mol. The van der Waals surface area contributed by atoms with Crippen molar-refractivity contribution in [2.45, 2.75) is 12.8 Å². The normalized spacial score (nSPS) is 18.6. The monoisotopic (exact) mass is 278 g/mol. The van der Waals surface area contributed by atoms with Crippen LogP contribution < -0.4 is 10.5 Å². The van der Waals surface area contributed by atoms with Crippen LogP contribution in [0.15, 0.2) is 18.2 Å². The van der Waals surface area contributed by atoms with Crippen LogP contribution in [0.3, 0.4) is 0 Å². The summed E-state index contributed by atoms with van der Waals surface area (Å²) in [5.74, 6) is 0.863. The number of methoxy groups -OCH3 is 1. The largest absolute Gasteiger partial charge is 0.495 e. The van der Waals surface area contributed by atoms with Crippen molar-refractivity contribution in [2.75, 3.05) is 39.6 Å². The van der Waals surface area contributed by atoms with Crippen molar-refractivity contribution in [3.05, 3.63) is 23.8 Å². The molecule has 0 aliphatic carbocycles. The molecule has 20 heavy (non-hydrogen) atoms. The van der Waals surface area contributed by atoms with Crippen LogP contribution in [-0.2, 0) is 4.74 Å². The zero-order valence-corrected chi connectivity index (χ0v) is 12.1. The Bertz CT molecular complexity index is 470. The number of nitrogens with two attached hydrogens (primary N) is 1. The summed E-state index contributed by atoms with van der Waals surface area (Å²) in [5.41, 5.74) is 6.85. The molecule has 1 fully saturated rings. The molecule has 0 aromatic heterocycles. The summed E-state index contributed by atoms with van der Waals surface area (Å²) in [6.45, 7) is 2.25. The van der Waals surface area contributed by atoms with Gasteiger partial charge in [0.1, 0.15) is 5.75 Å². The van der Waals surface area contributed by atoms with E-state index in [1.165, 1.54) is 0 Å². The van der Waals surface area contributed by atoms with Crippen molar-refractivity contribution in [2.24, 2.45) is 5.92 Å². The Labute approximate surface area is 119 Å². The minimum absolute atomic E-state index is 0.0769. The SMILES string of the molecule is COc1cccc(C(=O)N(C)CC2CCCOC2)c1N. The second-order valence-electron chi connectivity index (χ2n) is 5.19. The Kier molecular flexibility index (Phi) is 4.84. The molecule has 5 nitrogen and oxygen atoms in total. The number of anilines is 1. The Morgan fingerprint density at radius 3 is 3.00 bits per heavy atom. The zero-order chi connectivity index (χ0) is 14.5. The summed E-state index contributed by atoms with van der Waals surface area (Å²) in [4.78, 5) is 14.2. The van der Waals surface area contributed by atoms with Crippen molar-refractivity contribution >= 4 is 11.6 Å². The highest BCUT2D eigenvalue weighted by Gasteiger charge is 2.21. The molecule has 0 saturated carbocycles. The van der Waals surface area contributed by atoms with E-state index in [0.717, 1.165) is 26.1 Å². The third kappa shape index (κ3) is 3.22. The number of nitrogen functional groups attached to an aromatic ring is 1. The molecule has 1 saturated heterocycles. The topological polar surface area (TPSA) is 64.8 Å². The van der Waals surface area contributed by atoms with Crippen molar-refractivity contribution in [1.82, 2.24) is 4.90 Å². The maximum absolute atomic E-state index is 12.5. The van der Waals surface area contributed by atoms with Gasteiger partial charge in [-0.2, -0.15) is 0 Å². The van der Waals surface area contributed by atoms with Crippen LogP contribution in [-0.4, -0.2) is 44.7 Å². The molecule has 1 amide bonds. The quantitative estimate of drug-likeness (QED) is 0.853. The van der Waals surface area contributed by atoms with Crippen LogP contribution >= 0.6 is 0 Å². The summed E-state index contributed by atoms with van der Waals surface area (Å²) in [6.07, 6.45) is 2.17. The second-order valence-corrected chi connectivity index (χ2v) is 5.19. The van der Waals surface area contributed by atoms with E-state index in [2.05, 4.69) is 0 Å². The highest BCUT2D eigenvalue weighted by Crippen LogP contribution is 2.26. The molecular formula is C15H22N2O3. The zero-order valence-electron chi connectivity index (χ0n) is 12.1. The summed E-state index contributed by atoms with van der Waals surface area (Å²) in [6, 6.07) is 5.26. The van der Waals surface area contributed by atoms with Gasteiger partial charge in [0.05, 0.1) is 25.0 Å². The Balaban J connectivity index is 2.06. The third-order valence-corrected chi connectivity index (χ3v) is 3.65. The van der Waals surface area contributed by atoms with Gasteiger partial charge in [-0.3, -0.25) is 4.79 Å². The first kappa shape index (κ1) is 14.7. The van der Waals surface area contributed by atoms with Gasteiger partial charge in [0, 0.05) is 20.2 Å². The standard InChI is InChI=1S/C15H22N2O3/c1-17(9-11-5-4-8-20-10-11)15(18)12-6-3-7-13(19-2)14(12)16/h3,6-7,11H,4-5,8-10,16H2,1-2H3. The molecule has 2 N–H and O–H groups in total. The summed E-state index contributed by atoms with van der Waals surface area (Å²) in [5, 5.41) is 0. The number of rotatable bonds is 4. The lowest BCUT2D eigenvalue weighted by Crippen LogP contribution is -2.35. The van der Waals surface area contributed by atoms with E-state index in [9.17, 15) is 4.79 Å². The van der Waals surface area contributed by atoms with Crippen LogP contribution in [0.2, 0.25) is 0 Å². The number of ether oxygens (including phenoxy) is 2. The number of carbonyl (C=O) groups excluding carboxylic acids is 1. The number of nitrogens with zero attached hydrogens (tertiary/aromatic N) is 1. The van der Waals surface area contributed by atoms with Crippen LogP contribution in [0.4, 0.5) is 5.69 Å². The molecule has 1 aliphatic heterocycles. The number of para-hydroxylation sites is 1. The fourth-order valence-corrected chi connectivity index (χ4v) is 2.54. The van der Waals surface area contributed by atoms with Gasteiger partial charge >= 0.3 is 0 Å². The Morgan fingerprint density at radius 1 is 1.55 bits per heavy atom. The van der Waals surface area contributed by atoms with E-state index >= 15 is 0 Å². The smallest absolute Gasteiger partial charge is 0.255 e. The molecule has 1 aromatic rings. The first-order chi connectivity index (χ1) is 9.63. The van der Waals surface area contributed by atoms with Gasteiger partial charge in [-0.1, -0.05) is 6.07 Å². The molecule has 110 valence electrons. The lowest BCUT2D eigenvalue weighted by atomic mass is 10.0. The van der Waals surface area contributed by atoms with Crippen molar-refractivity contribution in [3.8, 4) is 5.75 Å². The van der Waals surface area contributed by atoms with Crippen LogP contribution in [0.5, 0.6) is 5.75 Å². The molecule has 1 atom stereocenters. The van der Waals surface area contributed by atoms with E-state index in [1.807, 2.05) is 0 Å². The van der Waals surface area contributed by atoms with Gasteiger partial charge in [-0.25, -0.2) is 0 Å². The average Bonchev–Trinajstić information content (AvgIpc) is 2.48. The van der Waals surface area contributed by atoms with Gasteiger partial charge in [0.15, 0.2) is 0 Å². The highest BCUT2D eigenvalue weighted by molar-refractivity contribution is 6.00. The third-order valence-electron chi connectivity index (χ3n) is 3.65. The number of hydrogen-bond donors (Lipinski definition) is 1. The maximum Gasteiger partial charge on any atom is 0.255 e. The van der Waals surface area contributed by atoms with Crippen LogP contribution in [0.1, 0.15) is 23.2 Å². The Morgan fingerprint density at radius 2 is 2.35 bits per heavy atom. The molecule has 1 unspecified atom stereocenters. The lowest BCUT2D eigenvalue weighted by molar-refractivity contribution is 0.0389. The average molecular weight is 278 g/mol. The fraction of sp³-hybridized carbons (Fsp3) is 0.533. The van der Waals surface area contributed by atoms with Gasteiger partial charge in [0.25, 0.3) is 5.91 Å². The molecule has 1 aliphatic rings. The van der Waals surface area contributed by atoms with Gasteiger partial charge in [-0.15, -0.1) is 0 Å². The molecule has 0 radical (unpaired) electrons. The predicted octanol–water partition coefficient (Wildman–Crippen LogP) is 1.78. The molecule has 0 bridgehead atoms. The predicted molar refractivity (Wildman–Crippen MR) is 77.9 cm³/mol. The van der Waals surface area contributed by atoms with Crippen LogP contribution in [0.25, 0.3) is 0 Å². The van der Waals surface area contributed by atoms with Crippen molar-refractivity contribution in [1.29, 1.82) is 0 Å². The Hall–Kier alpha value is -1.75. The lowest BCUT2D eigenvalue weighted by Gasteiger charge is -2.27. The molecule has 1 heterocycles. The second kappa shape index (κ2) is 6.61. The van der Waals surface area contributed by atoms with E-state index in [1.54, 1.807) is 37.3 Å². The number of amides is 1. The number of hydrogen-bond acceptors (Lipinski definition) is 4. The summed E-state index contributed by atoms with van der Waals surface area (Å²) >= 11 is 0. The van der Waals surface area contributed by atoms with Crippen molar-refractivity contribution < 1.29 is 14.3 Å². The van der Waals surface area contributed by atoms with E-state index < -0.39 is 0 Å². The van der Waals surface area contributed by atoms with Gasteiger partial charge < -0.3 is 20.1 Å². The fourth-order valence-electron chi connectivity index (χ4n) is 2.54. The summed E-state index contributed by atoms with van der Waals surface area (Å²) < 4.78 is 10.6. The first-order valence-corrected chi connectivity index (χ1v) is 6.89. The molecule has 5 heteroatoms. The minimum Gasteiger partial charge on any atom is -0.495 e.